The zero-order valence-electron chi connectivity index (χ0n) is 17.5. The topological polar surface area (TPSA) is 90.5 Å². The maximum atomic E-state index is 13.0. The molecule has 0 unspecified atom stereocenters. The predicted molar refractivity (Wildman–Crippen MR) is 118 cm³/mol. The number of aromatic nitrogens is 2. The van der Waals surface area contributed by atoms with Gasteiger partial charge in [0, 0.05) is 63.0 Å². The molecule has 2 N–H and O–H groups in total. The van der Waals surface area contributed by atoms with Crippen LogP contribution in [0.1, 0.15) is 32.1 Å². The van der Waals surface area contributed by atoms with Gasteiger partial charge in [-0.3, -0.25) is 9.59 Å². The normalized spacial score (nSPS) is 23.4. The van der Waals surface area contributed by atoms with Crippen molar-refractivity contribution in [2.75, 3.05) is 45.1 Å². The third kappa shape index (κ3) is 5.14. The molecule has 0 radical (unpaired) electrons. The molecule has 0 spiro atoms. The number of nitrogens with one attached hydrogen (secondary N) is 2. The van der Waals surface area contributed by atoms with E-state index < -0.39 is 0 Å². The summed E-state index contributed by atoms with van der Waals surface area (Å²) in [7, 11) is 2.13. The lowest BCUT2D eigenvalue weighted by Crippen LogP contribution is -2.48. The SMILES string of the molecule is CN1CCN(CCC(=O)N[C@@H]2CCCC[C@@H]2C(=O)Nc2csc3nccnc23)CC1. The van der Waals surface area contributed by atoms with Gasteiger partial charge >= 0.3 is 0 Å². The van der Waals surface area contributed by atoms with Gasteiger partial charge in [0.15, 0.2) is 0 Å². The summed E-state index contributed by atoms with van der Waals surface area (Å²) in [5.41, 5.74) is 1.43. The minimum atomic E-state index is -0.210. The first-order valence-corrected chi connectivity index (χ1v) is 11.7. The molecular weight excluding hydrogens is 400 g/mol. The van der Waals surface area contributed by atoms with Crippen molar-refractivity contribution in [1.82, 2.24) is 25.1 Å². The molecule has 2 aromatic rings. The molecule has 2 aliphatic rings. The summed E-state index contributed by atoms with van der Waals surface area (Å²) in [5, 5.41) is 8.07. The Morgan fingerprint density at radius 3 is 2.73 bits per heavy atom. The van der Waals surface area contributed by atoms with Crippen molar-refractivity contribution in [2.24, 2.45) is 5.92 Å². The molecule has 0 aromatic carbocycles. The third-order valence-corrected chi connectivity index (χ3v) is 7.04. The van der Waals surface area contributed by atoms with E-state index in [4.69, 9.17) is 0 Å². The van der Waals surface area contributed by atoms with Crippen LogP contribution in [0.3, 0.4) is 0 Å². The lowest BCUT2D eigenvalue weighted by Gasteiger charge is -2.33. The number of amides is 2. The molecule has 2 fully saturated rings. The second-order valence-electron chi connectivity index (χ2n) is 8.31. The molecule has 9 heteroatoms. The Morgan fingerprint density at radius 1 is 1.13 bits per heavy atom. The number of thiophene rings is 1. The Kier molecular flexibility index (Phi) is 6.91. The average Bonchev–Trinajstić information content (AvgIpc) is 3.16. The number of anilines is 1. The number of likely N-dealkylation sites (N-methyl/N-ethyl adjacent to an activating group) is 1. The third-order valence-electron chi connectivity index (χ3n) is 6.17. The summed E-state index contributed by atoms with van der Waals surface area (Å²) in [6, 6.07) is -0.102. The maximum Gasteiger partial charge on any atom is 0.229 e. The first-order chi connectivity index (χ1) is 14.6. The predicted octanol–water partition coefficient (Wildman–Crippen LogP) is 1.94. The highest BCUT2D eigenvalue weighted by molar-refractivity contribution is 7.17. The summed E-state index contributed by atoms with van der Waals surface area (Å²) in [6.07, 6.45) is 7.47. The first kappa shape index (κ1) is 21.1. The Labute approximate surface area is 181 Å². The van der Waals surface area contributed by atoms with Crippen LogP contribution in [0.4, 0.5) is 5.69 Å². The number of rotatable bonds is 6. The van der Waals surface area contributed by atoms with Crippen LogP contribution >= 0.6 is 11.3 Å². The minimum Gasteiger partial charge on any atom is -0.353 e. The quantitative estimate of drug-likeness (QED) is 0.728. The largest absolute Gasteiger partial charge is 0.353 e. The Hall–Kier alpha value is -2.10. The molecule has 0 bridgehead atoms. The fraction of sp³-hybridized carbons (Fsp3) is 0.619. The maximum absolute atomic E-state index is 13.0. The van der Waals surface area contributed by atoms with Crippen LogP contribution in [0, 0.1) is 5.92 Å². The van der Waals surface area contributed by atoms with Crippen LogP contribution in [0.15, 0.2) is 17.8 Å². The summed E-state index contributed by atoms with van der Waals surface area (Å²) in [5.74, 6) is -0.201. The van der Waals surface area contributed by atoms with Gasteiger partial charge in [-0.25, -0.2) is 9.97 Å². The van der Waals surface area contributed by atoms with Crippen LogP contribution in [-0.2, 0) is 9.59 Å². The van der Waals surface area contributed by atoms with E-state index in [0.717, 1.165) is 68.8 Å². The molecule has 3 heterocycles. The van der Waals surface area contributed by atoms with E-state index in [-0.39, 0.29) is 23.8 Å². The number of hydrogen-bond acceptors (Lipinski definition) is 7. The summed E-state index contributed by atoms with van der Waals surface area (Å²) >= 11 is 1.47. The highest BCUT2D eigenvalue weighted by atomic mass is 32.1. The zero-order valence-corrected chi connectivity index (χ0v) is 18.3. The van der Waals surface area contributed by atoms with E-state index in [2.05, 4.69) is 37.4 Å². The highest BCUT2D eigenvalue weighted by Gasteiger charge is 2.32. The molecular formula is C21H30N6O2S. The first-order valence-electron chi connectivity index (χ1n) is 10.8. The fourth-order valence-electron chi connectivity index (χ4n) is 4.31. The van der Waals surface area contributed by atoms with Crippen LogP contribution in [0.2, 0.25) is 0 Å². The van der Waals surface area contributed by atoms with Crippen molar-refractivity contribution in [3.63, 3.8) is 0 Å². The molecule has 2 amide bonds. The van der Waals surface area contributed by atoms with Crippen molar-refractivity contribution >= 4 is 39.2 Å². The van der Waals surface area contributed by atoms with Gasteiger partial charge in [-0.1, -0.05) is 12.8 Å². The van der Waals surface area contributed by atoms with Gasteiger partial charge in [0.05, 0.1) is 11.6 Å². The lowest BCUT2D eigenvalue weighted by molar-refractivity contribution is -0.125. The molecule has 2 aromatic heterocycles. The van der Waals surface area contributed by atoms with Crippen LogP contribution in [0.5, 0.6) is 0 Å². The van der Waals surface area contributed by atoms with E-state index in [1.165, 1.54) is 11.3 Å². The van der Waals surface area contributed by atoms with E-state index in [0.29, 0.717) is 12.1 Å². The van der Waals surface area contributed by atoms with Crippen LogP contribution < -0.4 is 10.6 Å². The van der Waals surface area contributed by atoms with Gasteiger partial charge in [0.1, 0.15) is 10.3 Å². The molecule has 2 atom stereocenters. The number of nitrogens with zero attached hydrogens (tertiary/aromatic N) is 4. The zero-order chi connectivity index (χ0) is 20.9. The highest BCUT2D eigenvalue weighted by Crippen LogP contribution is 2.30. The van der Waals surface area contributed by atoms with Gasteiger partial charge < -0.3 is 20.4 Å². The van der Waals surface area contributed by atoms with Gasteiger partial charge in [0.2, 0.25) is 11.8 Å². The van der Waals surface area contributed by atoms with Crippen molar-refractivity contribution < 1.29 is 9.59 Å². The number of carbonyl (C=O) groups is 2. The van der Waals surface area contributed by atoms with Gasteiger partial charge in [0.25, 0.3) is 0 Å². The van der Waals surface area contributed by atoms with Gasteiger partial charge in [-0.15, -0.1) is 11.3 Å². The van der Waals surface area contributed by atoms with E-state index in [1.54, 1.807) is 12.4 Å². The monoisotopic (exact) mass is 430 g/mol. The van der Waals surface area contributed by atoms with Crippen LogP contribution in [-0.4, -0.2) is 77.4 Å². The van der Waals surface area contributed by atoms with Crippen molar-refractivity contribution in [1.29, 1.82) is 0 Å². The Morgan fingerprint density at radius 2 is 1.90 bits per heavy atom. The number of fused-ring (bicyclic) bond motifs is 1. The lowest BCUT2D eigenvalue weighted by atomic mass is 9.83. The van der Waals surface area contributed by atoms with E-state index >= 15 is 0 Å². The minimum absolute atomic E-state index is 0.0376. The average molecular weight is 431 g/mol. The summed E-state index contributed by atoms with van der Waals surface area (Å²) < 4.78 is 0. The molecule has 162 valence electrons. The number of carbonyl (C=O) groups excluding carboxylic acids is 2. The Balaban J connectivity index is 1.32. The van der Waals surface area contributed by atoms with Crippen molar-refractivity contribution in [3.8, 4) is 0 Å². The smallest absolute Gasteiger partial charge is 0.229 e. The molecule has 1 saturated heterocycles. The summed E-state index contributed by atoms with van der Waals surface area (Å²) in [4.78, 5) is 39.7. The molecule has 1 saturated carbocycles. The van der Waals surface area contributed by atoms with Gasteiger partial charge in [-0.05, 0) is 19.9 Å². The molecule has 1 aliphatic carbocycles. The molecule has 4 rings (SSSR count). The molecule has 1 aliphatic heterocycles. The Bertz CT molecular complexity index is 879. The molecule has 8 nitrogen and oxygen atoms in total. The van der Waals surface area contributed by atoms with Gasteiger partial charge in [-0.2, -0.15) is 0 Å². The summed E-state index contributed by atoms with van der Waals surface area (Å²) in [6.45, 7) is 4.90. The second kappa shape index (κ2) is 9.80. The number of piperazine rings is 1. The van der Waals surface area contributed by atoms with Crippen LogP contribution in [0.25, 0.3) is 10.3 Å². The number of hydrogen-bond donors (Lipinski definition) is 2. The fourth-order valence-corrected chi connectivity index (χ4v) is 5.10. The van der Waals surface area contributed by atoms with E-state index in [9.17, 15) is 9.59 Å². The standard InChI is InChI=1S/C21H30N6O2S/c1-26-10-12-27(13-11-26)9-6-18(28)24-16-5-3-2-4-15(16)20(29)25-17-14-30-21-19(17)22-7-8-23-21/h7-8,14-16H,2-6,9-13H2,1H3,(H,24,28)(H,25,29)/t15-,16+/m0/s1. The molecule has 30 heavy (non-hydrogen) atoms. The second-order valence-corrected chi connectivity index (χ2v) is 9.17. The van der Waals surface area contributed by atoms with Crippen molar-refractivity contribution in [2.45, 2.75) is 38.1 Å². The van der Waals surface area contributed by atoms with E-state index in [1.807, 2.05) is 5.38 Å². The van der Waals surface area contributed by atoms with Crippen molar-refractivity contribution in [3.05, 3.63) is 17.8 Å².